The van der Waals surface area contributed by atoms with E-state index < -0.39 is 10.0 Å². The van der Waals surface area contributed by atoms with Crippen molar-refractivity contribution in [2.75, 3.05) is 18.8 Å². The molecule has 0 unspecified atom stereocenters. The van der Waals surface area contributed by atoms with Crippen molar-refractivity contribution in [1.29, 1.82) is 0 Å². The van der Waals surface area contributed by atoms with Crippen molar-refractivity contribution in [3.05, 3.63) is 0 Å². The molecule has 5 heteroatoms. The van der Waals surface area contributed by atoms with Gasteiger partial charge in [-0.3, -0.25) is 0 Å². The minimum atomic E-state index is -3.00. The molecule has 2 N–H and O–H groups in total. The van der Waals surface area contributed by atoms with E-state index in [9.17, 15) is 8.42 Å². The van der Waals surface area contributed by atoms with Crippen LogP contribution in [0.4, 0.5) is 0 Å². The van der Waals surface area contributed by atoms with E-state index in [1.165, 1.54) is 4.31 Å². The fourth-order valence-electron chi connectivity index (χ4n) is 1.46. The summed E-state index contributed by atoms with van der Waals surface area (Å²) in [7, 11) is -3.00. The average molecular weight is 206 g/mol. The van der Waals surface area contributed by atoms with Crippen LogP contribution < -0.4 is 5.73 Å². The van der Waals surface area contributed by atoms with E-state index in [0.29, 0.717) is 19.5 Å². The van der Waals surface area contributed by atoms with Crippen molar-refractivity contribution >= 4 is 10.0 Å². The van der Waals surface area contributed by atoms with Crippen molar-refractivity contribution in [2.45, 2.75) is 32.2 Å². The summed E-state index contributed by atoms with van der Waals surface area (Å²) in [6.45, 7) is 4.84. The van der Waals surface area contributed by atoms with Crippen LogP contribution >= 0.6 is 0 Å². The summed E-state index contributed by atoms with van der Waals surface area (Å²) in [5, 5.41) is 0. The molecule has 0 saturated carbocycles. The fraction of sp³-hybridized carbons (Fsp3) is 1.00. The Hall–Kier alpha value is -0.130. The SMILES string of the molecule is CCCS(=O)(=O)N1CC(N)(CC)C1. The van der Waals surface area contributed by atoms with Crippen molar-refractivity contribution < 1.29 is 8.42 Å². The van der Waals surface area contributed by atoms with Gasteiger partial charge in [0.15, 0.2) is 0 Å². The van der Waals surface area contributed by atoms with Crippen LogP contribution in [0.2, 0.25) is 0 Å². The van der Waals surface area contributed by atoms with Crippen molar-refractivity contribution in [3.8, 4) is 0 Å². The maximum Gasteiger partial charge on any atom is 0.214 e. The maximum absolute atomic E-state index is 11.5. The molecule has 4 nitrogen and oxygen atoms in total. The standard InChI is InChI=1S/C8H18N2O2S/c1-3-5-13(11,12)10-6-8(9,4-2)7-10/h3-7,9H2,1-2H3. The fourth-order valence-corrected chi connectivity index (χ4v) is 3.15. The molecule has 0 bridgehead atoms. The Morgan fingerprint density at radius 1 is 1.38 bits per heavy atom. The van der Waals surface area contributed by atoms with Gasteiger partial charge in [0.25, 0.3) is 0 Å². The Morgan fingerprint density at radius 2 is 1.92 bits per heavy atom. The lowest BCUT2D eigenvalue weighted by molar-refractivity contribution is 0.153. The molecule has 0 amide bonds. The molecule has 1 aliphatic heterocycles. The van der Waals surface area contributed by atoms with E-state index in [1.807, 2.05) is 13.8 Å². The monoisotopic (exact) mass is 206 g/mol. The van der Waals surface area contributed by atoms with Crippen LogP contribution in [0.25, 0.3) is 0 Å². The molecule has 0 radical (unpaired) electrons. The van der Waals surface area contributed by atoms with Gasteiger partial charge in [0.2, 0.25) is 10.0 Å². The molecular formula is C8H18N2O2S. The quantitative estimate of drug-likeness (QED) is 0.712. The third-order valence-electron chi connectivity index (χ3n) is 2.54. The van der Waals surface area contributed by atoms with E-state index in [4.69, 9.17) is 5.73 Å². The second-order valence-corrected chi connectivity index (χ2v) is 5.89. The highest BCUT2D eigenvalue weighted by atomic mass is 32.2. The van der Waals surface area contributed by atoms with Gasteiger partial charge in [-0.1, -0.05) is 13.8 Å². The van der Waals surface area contributed by atoms with E-state index in [-0.39, 0.29) is 11.3 Å². The van der Waals surface area contributed by atoms with Gasteiger partial charge in [-0.25, -0.2) is 8.42 Å². The molecule has 0 aliphatic carbocycles. The first kappa shape index (κ1) is 10.9. The minimum Gasteiger partial charge on any atom is -0.323 e. The van der Waals surface area contributed by atoms with Crippen LogP contribution in [0.3, 0.4) is 0 Å². The molecule has 0 aromatic carbocycles. The van der Waals surface area contributed by atoms with E-state index in [1.54, 1.807) is 0 Å². The van der Waals surface area contributed by atoms with Crippen molar-refractivity contribution in [1.82, 2.24) is 4.31 Å². The molecule has 78 valence electrons. The van der Waals surface area contributed by atoms with Crippen molar-refractivity contribution in [2.24, 2.45) is 5.73 Å². The van der Waals surface area contributed by atoms with Gasteiger partial charge >= 0.3 is 0 Å². The topological polar surface area (TPSA) is 63.4 Å². The summed E-state index contributed by atoms with van der Waals surface area (Å²) in [4.78, 5) is 0. The van der Waals surface area contributed by atoms with Gasteiger partial charge in [0.1, 0.15) is 0 Å². The molecule has 0 aromatic heterocycles. The largest absolute Gasteiger partial charge is 0.323 e. The van der Waals surface area contributed by atoms with Gasteiger partial charge in [-0.15, -0.1) is 0 Å². The summed E-state index contributed by atoms with van der Waals surface area (Å²) in [6.07, 6.45) is 1.51. The number of hydrogen-bond acceptors (Lipinski definition) is 3. The lowest BCUT2D eigenvalue weighted by Crippen LogP contribution is -2.68. The first-order valence-corrected chi connectivity index (χ1v) is 6.31. The van der Waals surface area contributed by atoms with Gasteiger partial charge in [-0.05, 0) is 12.8 Å². The van der Waals surface area contributed by atoms with Crippen molar-refractivity contribution in [3.63, 3.8) is 0 Å². The average Bonchev–Trinajstić information content (AvgIpc) is 1.98. The molecule has 0 spiro atoms. The predicted octanol–water partition coefficient (Wildman–Crippen LogP) is 0.149. The van der Waals surface area contributed by atoms with E-state index >= 15 is 0 Å². The third kappa shape index (κ3) is 2.21. The number of rotatable bonds is 4. The van der Waals surface area contributed by atoms with E-state index in [2.05, 4.69) is 0 Å². The zero-order chi connectivity index (χ0) is 10.1. The highest BCUT2D eigenvalue weighted by Crippen LogP contribution is 2.24. The zero-order valence-electron chi connectivity index (χ0n) is 8.28. The van der Waals surface area contributed by atoms with Crippen LogP contribution in [0.1, 0.15) is 26.7 Å². The van der Waals surface area contributed by atoms with Crippen LogP contribution in [-0.4, -0.2) is 37.1 Å². The Bertz CT molecular complexity index is 268. The summed E-state index contributed by atoms with van der Waals surface area (Å²) in [5.41, 5.74) is 5.62. The second kappa shape index (κ2) is 3.55. The first-order chi connectivity index (χ1) is 5.93. The lowest BCUT2D eigenvalue weighted by atomic mass is 9.91. The number of sulfonamides is 1. The lowest BCUT2D eigenvalue weighted by Gasteiger charge is -2.46. The Labute approximate surface area is 80.1 Å². The zero-order valence-corrected chi connectivity index (χ0v) is 9.10. The van der Waals surface area contributed by atoms with Crippen LogP contribution in [0, 0.1) is 0 Å². The Balaban J connectivity index is 2.52. The van der Waals surface area contributed by atoms with E-state index in [0.717, 1.165) is 6.42 Å². The molecule has 1 saturated heterocycles. The Kier molecular flexibility index (Phi) is 2.99. The molecular weight excluding hydrogens is 188 g/mol. The molecule has 0 atom stereocenters. The van der Waals surface area contributed by atoms with Crippen LogP contribution in [0.5, 0.6) is 0 Å². The van der Waals surface area contributed by atoms with Gasteiger partial charge in [0, 0.05) is 18.6 Å². The summed E-state index contributed by atoms with van der Waals surface area (Å²) in [5.74, 6) is 0.243. The molecule has 13 heavy (non-hydrogen) atoms. The van der Waals surface area contributed by atoms with Gasteiger partial charge < -0.3 is 5.73 Å². The highest BCUT2D eigenvalue weighted by molar-refractivity contribution is 7.89. The number of nitrogens with two attached hydrogens (primary N) is 1. The summed E-state index contributed by atoms with van der Waals surface area (Å²) >= 11 is 0. The second-order valence-electron chi connectivity index (χ2n) is 3.80. The number of hydrogen-bond donors (Lipinski definition) is 1. The van der Waals surface area contributed by atoms with Crippen LogP contribution in [-0.2, 0) is 10.0 Å². The molecule has 1 rings (SSSR count). The maximum atomic E-state index is 11.5. The molecule has 1 fully saturated rings. The highest BCUT2D eigenvalue weighted by Gasteiger charge is 2.43. The van der Waals surface area contributed by atoms with Gasteiger partial charge in [-0.2, -0.15) is 4.31 Å². The van der Waals surface area contributed by atoms with Crippen LogP contribution in [0.15, 0.2) is 0 Å². The molecule has 1 heterocycles. The third-order valence-corrected chi connectivity index (χ3v) is 4.51. The molecule has 1 aliphatic rings. The number of nitrogens with zero attached hydrogens (tertiary/aromatic N) is 1. The molecule has 0 aromatic rings. The van der Waals surface area contributed by atoms with Gasteiger partial charge in [0.05, 0.1) is 5.75 Å². The smallest absolute Gasteiger partial charge is 0.214 e. The summed E-state index contributed by atoms with van der Waals surface area (Å²) < 4.78 is 24.5. The normalized spacial score (nSPS) is 22.7. The minimum absolute atomic E-state index is 0.243. The predicted molar refractivity (Wildman–Crippen MR) is 52.9 cm³/mol. The summed E-state index contributed by atoms with van der Waals surface area (Å²) in [6, 6.07) is 0. The Morgan fingerprint density at radius 3 is 2.31 bits per heavy atom. The first-order valence-electron chi connectivity index (χ1n) is 4.70.